The summed E-state index contributed by atoms with van der Waals surface area (Å²) < 4.78 is 10.9. The molecule has 0 saturated carbocycles. The largest absolute Gasteiger partial charge is 0.439 e. The molecule has 1 fully saturated rings. The molecule has 0 bridgehead atoms. The van der Waals surface area contributed by atoms with Crippen LogP contribution in [0.25, 0.3) is 0 Å². The number of methoxy groups -OCH3 is 1. The maximum atomic E-state index is 12.8. The van der Waals surface area contributed by atoms with Gasteiger partial charge in [0.2, 0.25) is 17.7 Å². The van der Waals surface area contributed by atoms with Gasteiger partial charge in [-0.25, -0.2) is 4.98 Å². The molecular formula is C20H26Cl2N4O4. The van der Waals surface area contributed by atoms with Gasteiger partial charge in [-0.15, -0.1) is 24.8 Å². The molecule has 0 spiro atoms. The number of nitrogens with zero attached hydrogens (tertiary/aromatic N) is 1. The van der Waals surface area contributed by atoms with E-state index in [1.54, 1.807) is 43.5 Å². The number of piperidine rings is 1. The first kappa shape index (κ1) is 25.6. The van der Waals surface area contributed by atoms with Gasteiger partial charge in [0, 0.05) is 18.7 Å². The summed E-state index contributed by atoms with van der Waals surface area (Å²) in [7, 11) is 1.61. The van der Waals surface area contributed by atoms with Gasteiger partial charge in [0.1, 0.15) is 5.75 Å². The number of amides is 2. The van der Waals surface area contributed by atoms with Crippen LogP contribution in [0.15, 0.2) is 42.6 Å². The molecule has 0 unspecified atom stereocenters. The Labute approximate surface area is 187 Å². The fraction of sp³-hybridized carbons (Fsp3) is 0.350. The molecule has 0 atom stereocenters. The molecule has 1 saturated heterocycles. The Morgan fingerprint density at radius 3 is 2.53 bits per heavy atom. The highest BCUT2D eigenvalue weighted by molar-refractivity contribution is 5.95. The molecule has 30 heavy (non-hydrogen) atoms. The number of aromatic nitrogens is 1. The molecular weight excluding hydrogens is 431 g/mol. The Hall–Kier alpha value is -2.39. The second kappa shape index (κ2) is 11.7. The predicted octanol–water partition coefficient (Wildman–Crippen LogP) is 2.77. The number of carbonyl (C=O) groups excluding carboxylic acids is 2. The number of halogens is 2. The van der Waals surface area contributed by atoms with Crippen molar-refractivity contribution in [3.63, 3.8) is 0 Å². The summed E-state index contributed by atoms with van der Waals surface area (Å²) in [5, 5.41) is 6.19. The molecule has 10 heteroatoms. The number of rotatable bonds is 7. The van der Waals surface area contributed by atoms with Crippen LogP contribution in [0.5, 0.6) is 11.6 Å². The lowest BCUT2D eigenvalue weighted by atomic mass is 9.78. The van der Waals surface area contributed by atoms with Gasteiger partial charge in [-0.2, -0.15) is 0 Å². The van der Waals surface area contributed by atoms with Gasteiger partial charge >= 0.3 is 0 Å². The van der Waals surface area contributed by atoms with Crippen LogP contribution in [0, 0.1) is 5.41 Å². The second-order valence-corrected chi connectivity index (χ2v) is 6.80. The molecule has 2 heterocycles. The first-order chi connectivity index (χ1) is 13.5. The first-order valence-corrected chi connectivity index (χ1v) is 9.07. The number of nitrogens with one attached hydrogen (secondary N) is 2. The van der Waals surface area contributed by atoms with Crippen LogP contribution >= 0.6 is 24.8 Å². The van der Waals surface area contributed by atoms with Gasteiger partial charge in [0.05, 0.1) is 23.9 Å². The van der Waals surface area contributed by atoms with Crippen molar-refractivity contribution < 1.29 is 19.1 Å². The Balaban J connectivity index is 0.00000225. The topological polar surface area (TPSA) is 116 Å². The fourth-order valence-electron chi connectivity index (χ4n) is 3.23. The normalized spacial score (nSPS) is 14.6. The van der Waals surface area contributed by atoms with Gasteiger partial charge in [-0.1, -0.05) is 6.07 Å². The number of pyridine rings is 1. The van der Waals surface area contributed by atoms with E-state index in [4.69, 9.17) is 15.2 Å². The van der Waals surface area contributed by atoms with E-state index in [-0.39, 0.29) is 30.7 Å². The molecule has 1 aliphatic heterocycles. The zero-order chi connectivity index (χ0) is 20.0. The summed E-state index contributed by atoms with van der Waals surface area (Å²) in [4.78, 5) is 28.3. The van der Waals surface area contributed by atoms with Crippen molar-refractivity contribution >= 4 is 42.3 Å². The summed E-state index contributed by atoms with van der Waals surface area (Å²) in [6.07, 6.45) is 2.97. The monoisotopic (exact) mass is 456 g/mol. The lowest BCUT2D eigenvalue weighted by Crippen LogP contribution is -2.47. The van der Waals surface area contributed by atoms with Gasteiger partial charge in [-0.3, -0.25) is 9.59 Å². The molecule has 2 aromatic rings. The zero-order valence-electron chi connectivity index (χ0n) is 16.6. The van der Waals surface area contributed by atoms with Crippen molar-refractivity contribution in [3.05, 3.63) is 48.2 Å². The number of ether oxygens (including phenoxy) is 2. The van der Waals surface area contributed by atoms with Gasteiger partial charge in [-0.05, 0) is 50.2 Å². The van der Waals surface area contributed by atoms with Gasteiger partial charge < -0.3 is 25.8 Å². The lowest BCUT2D eigenvalue weighted by molar-refractivity contribution is -0.130. The van der Waals surface area contributed by atoms with Crippen LogP contribution in [0.3, 0.4) is 0 Å². The van der Waals surface area contributed by atoms with E-state index >= 15 is 0 Å². The summed E-state index contributed by atoms with van der Waals surface area (Å²) in [5.41, 5.74) is 5.67. The highest BCUT2D eigenvalue weighted by Gasteiger charge is 2.39. The van der Waals surface area contributed by atoms with Gasteiger partial charge in [0.25, 0.3) is 0 Å². The maximum Gasteiger partial charge on any atom is 0.248 e. The van der Waals surface area contributed by atoms with E-state index in [2.05, 4.69) is 15.6 Å². The third-order valence-corrected chi connectivity index (χ3v) is 4.80. The van der Waals surface area contributed by atoms with Crippen LogP contribution in [0.4, 0.5) is 5.69 Å². The number of primary amides is 1. The molecule has 1 aliphatic rings. The fourth-order valence-corrected chi connectivity index (χ4v) is 3.23. The van der Waals surface area contributed by atoms with Crippen LogP contribution in [-0.2, 0) is 9.53 Å². The summed E-state index contributed by atoms with van der Waals surface area (Å²) >= 11 is 0. The minimum absolute atomic E-state index is 0. The van der Waals surface area contributed by atoms with Crippen LogP contribution in [-0.4, -0.2) is 43.6 Å². The van der Waals surface area contributed by atoms with Crippen molar-refractivity contribution in [2.45, 2.75) is 12.8 Å². The minimum Gasteiger partial charge on any atom is -0.439 e. The highest BCUT2D eigenvalue weighted by Crippen LogP contribution is 2.31. The molecule has 1 aromatic heterocycles. The average Bonchev–Trinajstić information content (AvgIpc) is 2.70. The highest BCUT2D eigenvalue weighted by atomic mass is 35.5. The quantitative estimate of drug-likeness (QED) is 0.589. The Kier molecular flexibility index (Phi) is 10.0. The third-order valence-electron chi connectivity index (χ3n) is 4.80. The number of hydrogen-bond acceptors (Lipinski definition) is 6. The first-order valence-electron chi connectivity index (χ1n) is 9.07. The smallest absolute Gasteiger partial charge is 0.248 e. The Bertz CT molecular complexity index is 837. The van der Waals surface area contributed by atoms with E-state index < -0.39 is 11.3 Å². The van der Waals surface area contributed by atoms with Crippen molar-refractivity contribution in [2.75, 3.05) is 32.1 Å². The van der Waals surface area contributed by atoms with Crippen LogP contribution < -0.4 is 21.1 Å². The molecule has 4 N–H and O–H groups in total. The number of carbonyl (C=O) groups is 2. The molecule has 0 aliphatic carbocycles. The standard InChI is InChI=1S/C20H24N4O4.2ClH/c1-27-13-20(7-9-22-10-8-20)19(26)24-15-5-6-17(23-12-15)28-16-4-2-3-14(11-16)18(21)25;;/h2-6,11-12,22H,7-10,13H2,1H3,(H2,21,25)(H,24,26);2*1H. The zero-order valence-corrected chi connectivity index (χ0v) is 18.2. The van der Waals surface area contributed by atoms with Gasteiger partial charge in [0.15, 0.2) is 0 Å². The Morgan fingerprint density at radius 1 is 1.20 bits per heavy atom. The van der Waals surface area contributed by atoms with Crippen LogP contribution in [0.1, 0.15) is 23.2 Å². The Morgan fingerprint density at radius 2 is 1.93 bits per heavy atom. The lowest BCUT2D eigenvalue weighted by Gasteiger charge is -2.35. The molecule has 164 valence electrons. The predicted molar refractivity (Wildman–Crippen MR) is 119 cm³/mol. The summed E-state index contributed by atoms with van der Waals surface area (Å²) in [6, 6.07) is 9.91. The van der Waals surface area contributed by atoms with E-state index in [1.165, 1.54) is 6.20 Å². The van der Waals surface area contributed by atoms with Crippen molar-refractivity contribution in [2.24, 2.45) is 11.1 Å². The van der Waals surface area contributed by atoms with E-state index in [0.29, 0.717) is 29.5 Å². The molecule has 1 aromatic carbocycles. The number of nitrogens with two attached hydrogens (primary N) is 1. The molecule has 8 nitrogen and oxygen atoms in total. The molecule has 3 rings (SSSR count). The van der Waals surface area contributed by atoms with E-state index in [9.17, 15) is 9.59 Å². The van der Waals surface area contributed by atoms with Crippen molar-refractivity contribution in [1.82, 2.24) is 10.3 Å². The molecule has 2 amide bonds. The SMILES string of the molecule is COCC1(C(=O)Nc2ccc(Oc3cccc(C(N)=O)c3)nc2)CCNCC1.Cl.Cl. The minimum atomic E-state index is -0.537. The number of hydrogen-bond donors (Lipinski definition) is 3. The third kappa shape index (κ3) is 6.30. The summed E-state index contributed by atoms with van der Waals surface area (Å²) in [5.74, 6) is 0.197. The maximum absolute atomic E-state index is 12.8. The molecule has 0 radical (unpaired) electrons. The number of anilines is 1. The summed E-state index contributed by atoms with van der Waals surface area (Å²) in [6.45, 7) is 1.95. The number of benzene rings is 1. The van der Waals surface area contributed by atoms with Crippen molar-refractivity contribution in [1.29, 1.82) is 0 Å². The van der Waals surface area contributed by atoms with Crippen LogP contribution in [0.2, 0.25) is 0 Å². The van der Waals surface area contributed by atoms with E-state index in [1.807, 2.05) is 0 Å². The second-order valence-electron chi connectivity index (χ2n) is 6.80. The average molecular weight is 457 g/mol. The van der Waals surface area contributed by atoms with E-state index in [0.717, 1.165) is 25.9 Å². The van der Waals surface area contributed by atoms with Crippen molar-refractivity contribution in [3.8, 4) is 11.6 Å².